The second kappa shape index (κ2) is 6.14. The largest absolute Gasteiger partial charge is 0.479 e. The lowest BCUT2D eigenvalue weighted by Gasteiger charge is -2.25. The Bertz CT molecular complexity index is 622. The Morgan fingerprint density at radius 1 is 1.40 bits per heavy atom. The minimum absolute atomic E-state index is 0.393. The zero-order chi connectivity index (χ0) is 14.5. The fourth-order valence-corrected chi connectivity index (χ4v) is 2.31. The minimum Gasteiger partial charge on any atom is -0.479 e. The number of aromatic nitrogens is 1. The molecule has 1 heterocycles. The van der Waals surface area contributed by atoms with E-state index in [-0.39, 0.29) is 0 Å². The van der Waals surface area contributed by atoms with Crippen molar-refractivity contribution in [3.8, 4) is 0 Å². The predicted molar refractivity (Wildman–Crippen MR) is 75.2 cm³/mol. The summed E-state index contributed by atoms with van der Waals surface area (Å²) in [4.78, 5) is 28.2. The third kappa shape index (κ3) is 2.61. The van der Waals surface area contributed by atoms with E-state index in [9.17, 15) is 14.7 Å². The standard InChI is InChI=1S/C15H16N2O3/c1-2-7-17(10-18)14(15(19)20)13-9-16-8-11-5-3-4-6-12(11)13/h3-6,8-10,14H,2,7H2,1H3,(H,19,20). The van der Waals surface area contributed by atoms with E-state index in [2.05, 4.69) is 4.98 Å². The number of amides is 1. The fourth-order valence-electron chi connectivity index (χ4n) is 2.31. The lowest BCUT2D eigenvalue weighted by molar-refractivity contribution is -0.146. The Balaban J connectivity index is 2.57. The van der Waals surface area contributed by atoms with Crippen LogP contribution in [-0.4, -0.2) is 33.9 Å². The molecular weight excluding hydrogens is 256 g/mol. The number of carbonyl (C=O) groups is 2. The van der Waals surface area contributed by atoms with Crippen LogP contribution in [0.1, 0.15) is 24.9 Å². The second-order valence-corrected chi connectivity index (χ2v) is 4.53. The summed E-state index contributed by atoms with van der Waals surface area (Å²) in [6, 6.07) is 6.42. The molecule has 0 aliphatic carbocycles. The molecule has 0 aliphatic rings. The molecule has 0 saturated heterocycles. The lowest BCUT2D eigenvalue weighted by Crippen LogP contribution is -2.34. The average Bonchev–Trinajstić information content (AvgIpc) is 2.46. The second-order valence-electron chi connectivity index (χ2n) is 4.53. The number of nitrogens with zero attached hydrogens (tertiary/aromatic N) is 2. The van der Waals surface area contributed by atoms with Crippen LogP contribution in [0.3, 0.4) is 0 Å². The van der Waals surface area contributed by atoms with E-state index < -0.39 is 12.0 Å². The van der Waals surface area contributed by atoms with Crippen molar-refractivity contribution in [2.75, 3.05) is 6.54 Å². The van der Waals surface area contributed by atoms with Gasteiger partial charge in [0.05, 0.1) is 0 Å². The molecule has 104 valence electrons. The van der Waals surface area contributed by atoms with Crippen molar-refractivity contribution < 1.29 is 14.7 Å². The molecule has 2 aromatic rings. The maximum absolute atomic E-state index is 11.6. The Morgan fingerprint density at radius 3 is 2.80 bits per heavy atom. The van der Waals surface area contributed by atoms with Gasteiger partial charge in [-0.2, -0.15) is 0 Å². The van der Waals surface area contributed by atoms with Gasteiger partial charge in [0.25, 0.3) is 0 Å². The van der Waals surface area contributed by atoms with Gasteiger partial charge in [-0.05, 0) is 11.8 Å². The molecular formula is C15H16N2O3. The van der Waals surface area contributed by atoms with Crippen molar-refractivity contribution in [1.29, 1.82) is 0 Å². The molecule has 1 aromatic heterocycles. The van der Waals surface area contributed by atoms with Gasteiger partial charge in [-0.25, -0.2) is 4.79 Å². The third-order valence-corrected chi connectivity index (χ3v) is 3.18. The zero-order valence-electron chi connectivity index (χ0n) is 11.2. The molecule has 0 saturated carbocycles. The molecule has 0 fully saturated rings. The van der Waals surface area contributed by atoms with Crippen molar-refractivity contribution >= 4 is 23.2 Å². The van der Waals surface area contributed by atoms with Crippen molar-refractivity contribution in [2.24, 2.45) is 0 Å². The van der Waals surface area contributed by atoms with Gasteiger partial charge in [0.15, 0.2) is 6.04 Å². The highest BCUT2D eigenvalue weighted by molar-refractivity contribution is 5.90. The van der Waals surface area contributed by atoms with E-state index in [1.165, 1.54) is 11.1 Å². The predicted octanol–water partition coefficient (Wildman–Crippen LogP) is 2.23. The van der Waals surface area contributed by atoms with E-state index in [0.29, 0.717) is 24.9 Å². The van der Waals surface area contributed by atoms with Gasteiger partial charge < -0.3 is 10.0 Å². The summed E-state index contributed by atoms with van der Waals surface area (Å²) in [5.74, 6) is -1.05. The van der Waals surface area contributed by atoms with Crippen LogP contribution in [0.15, 0.2) is 36.7 Å². The van der Waals surface area contributed by atoms with Gasteiger partial charge >= 0.3 is 5.97 Å². The van der Waals surface area contributed by atoms with E-state index in [0.717, 1.165) is 10.8 Å². The summed E-state index contributed by atoms with van der Waals surface area (Å²) in [5, 5.41) is 11.1. The third-order valence-electron chi connectivity index (χ3n) is 3.18. The quantitative estimate of drug-likeness (QED) is 0.819. The minimum atomic E-state index is -1.05. The topological polar surface area (TPSA) is 70.5 Å². The number of hydrogen-bond acceptors (Lipinski definition) is 3. The molecule has 20 heavy (non-hydrogen) atoms. The number of benzene rings is 1. The van der Waals surface area contributed by atoms with Crippen LogP contribution in [0.2, 0.25) is 0 Å². The number of aliphatic carboxylic acids is 1. The summed E-state index contributed by atoms with van der Waals surface area (Å²) in [6.07, 6.45) is 4.49. The molecule has 1 amide bonds. The molecule has 2 rings (SSSR count). The molecule has 1 aromatic carbocycles. The molecule has 5 nitrogen and oxygen atoms in total. The SMILES string of the molecule is CCCN(C=O)C(C(=O)O)c1cncc2ccccc12. The number of pyridine rings is 1. The Labute approximate surface area is 116 Å². The molecule has 0 bridgehead atoms. The average molecular weight is 272 g/mol. The molecule has 0 radical (unpaired) electrons. The number of hydrogen-bond donors (Lipinski definition) is 1. The lowest BCUT2D eigenvalue weighted by atomic mass is 10.0. The Kier molecular flexibility index (Phi) is 4.30. The molecule has 0 spiro atoms. The van der Waals surface area contributed by atoms with Gasteiger partial charge in [0.1, 0.15) is 0 Å². The zero-order valence-corrected chi connectivity index (χ0v) is 11.2. The van der Waals surface area contributed by atoms with E-state index in [4.69, 9.17) is 0 Å². The van der Waals surface area contributed by atoms with E-state index in [1.807, 2.05) is 31.2 Å². The summed E-state index contributed by atoms with van der Waals surface area (Å²) < 4.78 is 0. The van der Waals surface area contributed by atoms with Gasteiger partial charge in [-0.1, -0.05) is 31.2 Å². The summed E-state index contributed by atoms with van der Waals surface area (Å²) in [6.45, 7) is 2.29. The van der Waals surface area contributed by atoms with Crippen molar-refractivity contribution in [2.45, 2.75) is 19.4 Å². The number of rotatable bonds is 6. The van der Waals surface area contributed by atoms with Crippen LogP contribution < -0.4 is 0 Å². The smallest absolute Gasteiger partial charge is 0.331 e. The molecule has 1 unspecified atom stereocenters. The summed E-state index contributed by atoms with van der Waals surface area (Å²) in [5.41, 5.74) is 0.538. The van der Waals surface area contributed by atoms with Crippen LogP contribution in [0, 0.1) is 0 Å². The van der Waals surface area contributed by atoms with Crippen LogP contribution in [-0.2, 0) is 9.59 Å². The number of carbonyl (C=O) groups excluding carboxylic acids is 1. The highest BCUT2D eigenvalue weighted by Crippen LogP contribution is 2.27. The van der Waals surface area contributed by atoms with E-state index in [1.54, 1.807) is 6.20 Å². The molecule has 1 N–H and O–H groups in total. The first kappa shape index (κ1) is 14.0. The maximum atomic E-state index is 11.6. The maximum Gasteiger partial charge on any atom is 0.331 e. The van der Waals surface area contributed by atoms with E-state index >= 15 is 0 Å². The van der Waals surface area contributed by atoms with Crippen LogP contribution in [0.25, 0.3) is 10.8 Å². The Hall–Kier alpha value is -2.43. The van der Waals surface area contributed by atoms with Gasteiger partial charge in [0.2, 0.25) is 6.41 Å². The summed E-state index contributed by atoms with van der Waals surface area (Å²) >= 11 is 0. The van der Waals surface area contributed by atoms with Gasteiger partial charge in [0, 0.05) is 29.9 Å². The molecule has 0 aliphatic heterocycles. The first-order valence-electron chi connectivity index (χ1n) is 6.45. The summed E-state index contributed by atoms with van der Waals surface area (Å²) in [7, 11) is 0. The number of carboxylic acids is 1. The van der Waals surface area contributed by atoms with Gasteiger partial charge in [-0.3, -0.25) is 9.78 Å². The first-order chi connectivity index (χ1) is 9.69. The fraction of sp³-hybridized carbons (Fsp3) is 0.267. The number of carboxylic acid groups (broad SMARTS) is 1. The number of fused-ring (bicyclic) bond motifs is 1. The van der Waals surface area contributed by atoms with Crippen LogP contribution in [0.4, 0.5) is 0 Å². The highest BCUT2D eigenvalue weighted by Gasteiger charge is 2.27. The Morgan fingerprint density at radius 2 is 2.15 bits per heavy atom. The van der Waals surface area contributed by atoms with Crippen molar-refractivity contribution in [3.05, 3.63) is 42.2 Å². The normalized spacial score (nSPS) is 12.1. The highest BCUT2D eigenvalue weighted by atomic mass is 16.4. The monoisotopic (exact) mass is 272 g/mol. The van der Waals surface area contributed by atoms with Crippen LogP contribution >= 0.6 is 0 Å². The van der Waals surface area contributed by atoms with Gasteiger partial charge in [-0.15, -0.1) is 0 Å². The van der Waals surface area contributed by atoms with Crippen LogP contribution in [0.5, 0.6) is 0 Å². The molecule has 1 atom stereocenters. The molecule has 5 heteroatoms. The first-order valence-corrected chi connectivity index (χ1v) is 6.45. The van der Waals surface area contributed by atoms with Crippen molar-refractivity contribution in [3.63, 3.8) is 0 Å². The van der Waals surface area contributed by atoms with Crippen molar-refractivity contribution in [1.82, 2.24) is 9.88 Å².